The predicted octanol–water partition coefficient (Wildman–Crippen LogP) is 2.72. The van der Waals surface area contributed by atoms with Gasteiger partial charge in [0, 0.05) is 5.56 Å². The van der Waals surface area contributed by atoms with Crippen molar-refractivity contribution in [2.24, 2.45) is 5.92 Å². The monoisotopic (exact) mass is 216 g/mol. The summed E-state index contributed by atoms with van der Waals surface area (Å²) >= 11 is 0. The summed E-state index contributed by atoms with van der Waals surface area (Å²) in [6.45, 7) is 1.91. The summed E-state index contributed by atoms with van der Waals surface area (Å²) < 4.78 is 38.9. The molecule has 15 heavy (non-hydrogen) atoms. The molecule has 82 valence electrons. The van der Waals surface area contributed by atoms with Gasteiger partial charge in [0.2, 0.25) is 0 Å². The van der Waals surface area contributed by atoms with E-state index < -0.39 is 23.1 Å². The number of rotatable bonds is 1. The zero-order valence-corrected chi connectivity index (χ0v) is 8.23. The standard InChI is InChI=1S/C11H11F3O/c1-6-4-11(15,5-6)7-2-3-8(12)10(14)9(7)13/h2-3,6,15H,4-5H2,1H3. The van der Waals surface area contributed by atoms with E-state index in [-0.39, 0.29) is 11.5 Å². The summed E-state index contributed by atoms with van der Waals surface area (Å²) in [4.78, 5) is 0. The molecule has 0 aromatic heterocycles. The number of hydrogen-bond donors (Lipinski definition) is 1. The van der Waals surface area contributed by atoms with E-state index in [0.29, 0.717) is 12.8 Å². The lowest BCUT2D eigenvalue weighted by Gasteiger charge is -2.42. The molecule has 1 aromatic carbocycles. The average Bonchev–Trinajstić information content (AvgIpc) is 2.12. The fourth-order valence-corrected chi connectivity index (χ4v) is 2.20. The van der Waals surface area contributed by atoms with Gasteiger partial charge in [0.05, 0.1) is 5.60 Å². The first kappa shape index (κ1) is 10.5. The molecule has 1 fully saturated rings. The molecule has 1 aliphatic carbocycles. The van der Waals surface area contributed by atoms with Gasteiger partial charge in [-0.15, -0.1) is 0 Å². The van der Waals surface area contributed by atoms with Gasteiger partial charge in [-0.05, 0) is 24.8 Å². The fourth-order valence-electron chi connectivity index (χ4n) is 2.20. The van der Waals surface area contributed by atoms with Crippen LogP contribution >= 0.6 is 0 Å². The van der Waals surface area contributed by atoms with Crippen molar-refractivity contribution in [1.29, 1.82) is 0 Å². The van der Waals surface area contributed by atoms with Gasteiger partial charge in [-0.1, -0.05) is 13.0 Å². The van der Waals surface area contributed by atoms with Crippen LogP contribution in [-0.4, -0.2) is 5.11 Å². The van der Waals surface area contributed by atoms with Crippen LogP contribution in [0, 0.1) is 23.4 Å². The van der Waals surface area contributed by atoms with E-state index in [0.717, 1.165) is 12.1 Å². The Balaban J connectivity index is 2.42. The molecule has 0 amide bonds. The predicted molar refractivity (Wildman–Crippen MR) is 48.6 cm³/mol. The largest absolute Gasteiger partial charge is 0.385 e. The molecular formula is C11H11F3O. The molecule has 0 saturated heterocycles. The molecule has 0 aliphatic heterocycles. The van der Waals surface area contributed by atoms with E-state index in [1.54, 1.807) is 0 Å². The maximum absolute atomic E-state index is 13.3. The molecule has 0 heterocycles. The Morgan fingerprint density at radius 1 is 1.20 bits per heavy atom. The van der Waals surface area contributed by atoms with Crippen LogP contribution in [0.5, 0.6) is 0 Å². The first-order valence-electron chi connectivity index (χ1n) is 4.80. The van der Waals surface area contributed by atoms with Crippen LogP contribution in [0.4, 0.5) is 13.2 Å². The second-order valence-corrected chi connectivity index (χ2v) is 4.27. The van der Waals surface area contributed by atoms with E-state index in [4.69, 9.17) is 0 Å². The molecule has 0 spiro atoms. The minimum atomic E-state index is -1.51. The summed E-state index contributed by atoms with van der Waals surface area (Å²) in [7, 11) is 0. The Bertz CT molecular complexity index is 397. The lowest BCUT2D eigenvalue weighted by Crippen LogP contribution is -2.40. The summed E-state index contributed by atoms with van der Waals surface area (Å²) in [6, 6.07) is 1.95. The Hall–Kier alpha value is -1.03. The summed E-state index contributed by atoms with van der Waals surface area (Å²) in [6.07, 6.45) is 0.768. The highest BCUT2D eigenvalue weighted by molar-refractivity contribution is 5.28. The van der Waals surface area contributed by atoms with E-state index in [9.17, 15) is 18.3 Å². The molecule has 4 heteroatoms. The molecule has 1 saturated carbocycles. The van der Waals surface area contributed by atoms with Crippen LogP contribution in [0.2, 0.25) is 0 Å². The Labute approximate surface area is 85.5 Å². The molecule has 1 aliphatic rings. The number of halogens is 3. The normalized spacial score (nSPS) is 30.1. The van der Waals surface area contributed by atoms with Gasteiger partial charge < -0.3 is 5.11 Å². The molecule has 0 unspecified atom stereocenters. The Morgan fingerprint density at radius 2 is 1.80 bits per heavy atom. The van der Waals surface area contributed by atoms with Gasteiger partial charge in [0.1, 0.15) is 0 Å². The molecule has 0 bridgehead atoms. The summed E-state index contributed by atoms with van der Waals surface area (Å²) in [5, 5.41) is 9.92. The van der Waals surface area contributed by atoms with Crippen LogP contribution in [-0.2, 0) is 5.60 Å². The summed E-state index contributed by atoms with van der Waals surface area (Å²) in [5.74, 6) is -3.74. The lowest BCUT2D eigenvalue weighted by molar-refractivity contribution is -0.0767. The highest BCUT2D eigenvalue weighted by Gasteiger charge is 2.44. The van der Waals surface area contributed by atoms with Crippen molar-refractivity contribution < 1.29 is 18.3 Å². The zero-order valence-electron chi connectivity index (χ0n) is 8.23. The van der Waals surface area contributed by atoms with Crippen molar-refractivity contribution in [3.63, 3.8) is 0 Å². The third-order valence-corrected chi connectivity index (χ3v) is 2.91. The maximum atomic E-state index is 13.3. The van der Waals surface area contributed by atoms with Gasteiger partial charge in [-0.2, -0.15) is 0 Å². The first-order valence-corrected chi connectivity index (χ1v) is 4.80. The third-order valence-electron chi connectivity index (χ3n) is 2.91. The molecular weight excluding hydrogens is 205 g/mol. The van der Waals surface area contributed by atoms with Crippen molar-refractivity contribution >= 4 is 0 Å². The van der Waals surface area contributed by atoms with Crippen LogP contribution < -0.4 is 0 Å². The molecule has 1 N–H and O–H groups in total. The van der Waals surface area contributed by atoms with Gasteiger partial charge in [0.25, 0.3) is 0 Å². The van der Waals surface area contributed by atoms with Crippen molar-refractivity contribution in [2.45, 2.75) is 25.4 Å². The SMILES string of the molecule is CC1CC(O)(c2ccc(F)c(F)c2F)C1. The molecule has 0 radical (unpaired) electrons. The van der Waals surface area contributed by atoms with Crippen LogP contribution in [0.3, 0.4) is 0 Å². The second-order valence-electron chi connectivity index (χ2n) is 4.27. The average molecular weight is 216 g/mol. The Kier molecular flexibility index (Phi) is 2.26. The van der Waals surface area contributed by atoms with Crippen LogP contribution in [0.15, 0.2) is 12.1 Å². The number of hydrogen-bond acceptors (Lipinski definition) is 1. The highest BCUT2D eigenvalue weighted by atomic mass is 19.2. The van der Waals surface area contributed by atoms with Crippen LogP contribution in [0.1, 0.15) is 25.3 Å². The number of aliphatic hydroxyl groups is 1. The van der Waals surface area contributed by atoms with Crippen LogP contribution in [0.25, 0.3) is 0 Å². The van der Waals surface area contributed by atoms with Gasteiger partial charge in [-0.25, -0.2) is 13.2 Å². The number of benzene rings is 1. The molecule has 2 rings (SSSR count). The topological polar surface area (TPSA) is 20.2 Å². The minimum absolute atomic E-state index is 0.139. The third kappa shape index (κ3) is 1.53. The van der Waals surface area contributed by atoms with Crippen molar-refractivity contribution in [3.8, 4) is 0 Å². The highest BCUT2D eigenvalue weighted by Crippen LogP contribution is 2.46. The van der Waals surface area contributed by atoms with E-state index >= 15 is 0 Å². The van der Waals surface area contributed by atoms with Crippen molar-refractivity contribution in [1.82, 2.24) is 0 Å². The zero-order chi connectivity index (χ0) is 11.2. The maximum Gasteiger partial charge on any atom is 0.194 e. The van der Waals surface area contributed by atoms with Gasteiger partial charge in [0.15, 0.2) is 17.5 Å². The Morgan fingerprint density at radius 3 is 2.33 bits per heavy atom. The van der Waals surface area contributed by atoms with E-state index in [1.807, 2.05) is 6.92 Å². The molecule has 0 atom stereocenters. The molecule has 1 nitrogen and oxygen atoms in total. The fraction of sp³-hybridized carbons (Fsp3) is 0.455. The van der Waals surface area contributed by atoms with Gasteiger partial charge >= 0.3 is 0 Å². The van der Waals surface area contributed by atoms with Crippen molar-refractivity contribution in [2.75, 3.05) is 0 Å². The van der Waals surface area contributed by atoms with E-state index in [2.05, 4.69) is 0 Å². The quantitative estimate of drug-likeness (QED) is 0.715. The minimum Gasteiger partial charge on any atom is -0.385 e. The second kappa shape index (κ2) is 3.23. The first-order chi connectivity index (χ1) is 6.94. The molecule has 1 aromatic rings. The van der Waals surface area contributed by atoms with Gasteiger partial charge in [-0.3, -0.25) is 0 Å². The smallest absolute Gasteiger partial charge is 0.194 e. The van der Waals surface area contributed by atoms with E-state index in [1.165, 1.54) is 0 Å². The summed E-state index contributed by atoms with van der Waals surface area (Å²) in [5.41, 5.74) is -1.46. The van der Waals surface area contributed by atoms with Crippen molar-refractivity contribution in [3.05, 3.63) is 35.1 Å². The lowest BCUT2D eigenvalue weighted by atomic mass is 9.68.